The van der Waals surface area contributed by atoms with Crippen molar-refractivity contribution in [1.29, 1.82) is 0 Å². The number of carbonyl (C=O) groups excluding carboxylic acids is 2. The highest BCUT2D eigenvalue weighted by Gasteiger charge is 2.70. The van der Waals surface area contributed by atoms with Crippen LogP contribution in [0, 0.1) is 50.2 Å². The maximum absolute atomic E-state index is 15.0. The lowest BCUT2D eigenvalue weighted by molar-refractivity contribution is -0.324. The van der Waals surface area contributed by atoms with Crippen molar-refractivity contribution in [2.24, 2.45) is 50.2 Å². The van der Waals surface area contributed by atoms with E-state index in [0.29, 0.717) is 24.7 Å². The number of hydrogen-bond donors (Lipinski definition) is 8. The molecule has 362 valence electrons. The Morgan fingerprint density at radius 1 is 0.738 bits per heavy atom. The minimum Gasteiger partial charge on any atom is -0.478 e. The highest BCUT2D eigenvalue weighted by molar-refractivity contribution is 6.04. The average molecular weight is 912 g/mol. The molecular weight excluding hydrogens is 839 g/mol. The first-order valence-electron chi connectivity index (χ1n) is 23.9. The van der Waals surface area contributed by atoms with Gasteiger partial charge in [0.15, 0.2) is 6.29 Å². The summed E-state index contributed by atoms with van der Waals surface area (Å²) in [4.78, 5) is 39.8. The van der Waals surface area contributed by atoms with Crippen LogP contribution in [0.1, 0.15) is 140 Å². The normalized spacial score (nSPS) is 46.5. The van der Waals surface area contributed by atoms with Crippen LogP contribution in [0.25, 0.3) is 0 Å². The molecule has 0 spiro atoms. The molecule has 1 amide bonds. The number of aliphatic hydroxyl groups excluding tert-OH is 6. The lowest BCUT2D eigenvalue weighted by Gasteiger charge is -2.71. The Hall–Kier alpha value is -2.99. The molecule has 0 aromatic heterocycles. The molecule has 15 heteroatoms. The van der Waals surface area contributed by atoms with Crippen LogP contribution < -0.4 is 5.32 Å². The van der Waals surface area contributed by atoms with Crippen LogP contribution in [0.4, 0.5) is 0 Å². The van der Waals surface area contributed by atoms with Crippen LogP contribution >= 0.6 is 0 Å². The third kappa shape index (κ3) is 7.71. The van der Waals surface area contributed by atoms with Crippen molar-refractivity contribution in [2.45, 2.75) is 187 Å². The molecule has 18 atom stereocenters. The second kappa shape index (κ2) is 16.9. The maximum Gasteiger partial charge on any atom is 0.336 e. The number of carbonyl (C=O) groups is 3. The molecule has 0 unspecified atom stereocenters. The summed E-state index contributed by atoms with van der Waals surface area (Å²) in [6.07, 6.45) is -3.71. The lowest BCUT2D eigenvalue weighted by atomic mass is 9.33. The maximum atomic E-state index is 15.0. The second-order valence-electron chi connectivity index (χ2n) is 23.0. The largest absolute Gasteiger partial charge is 0.478 e. The van der Waals surface area contributed by atoms with Crippen molar-refractivity contribution in [3.05, 3.63) is 47.0 Å². The smallest absolute Gasteiger partial charge is 0.336 e. The van der Waals surface area contributed by atoms with Gasteiger partial charge in [0.2, 0.25) is 6.29 Å². The van der Waals surface area contributed by atoms with Crippen molar-refractivity contribution in [2.75, 3.05) is 6.54 Å². The number of nitrogens with one attached hydrogen (secondary N) is 1. The number of allylic oxidation sites excluding steroid dienone is 2. The van der Waals surface area contributed by atoms with Gasteiger partial charge in [-0.1, -0.05) is 72.2 Å². The number of rotatable bonds is 8. The van der Waals surface area contributed by atoms with Gasteiger partial charge in [-0.15, -0.1) is 0 Å². The van der Waals surface area contributed by atoms with Gasteiger partial charge in [-0.05, 0) is 128 Å². The molecule has 4 saturated carbocycles. The number of esters is 1. The summed E-state index contributed by atoms with van der Waals surface area (Å²) in [5, 5.41) is 76.9. The topological polar surface area (TPSA) is 242 Å². The van der Waals surface area contributed by atoms with E-state index in [9.17, 15) is 50.1 Å². The quantitative estimate of drug-likeness (QED) is 0.102. The van der Waals surface area contributed by atoms with E-state index in [0.717, 1.165) is 51.4 Å². The van der Waals surface area contributed by atoms with Crippen molar-refractivity contribution in [3.8, 4) is 0 Å². The standard InChI is InChI=1S/C50H73NO14/c1-25-34(52)36(54)38(56)42(62-25)64-33-16-17-47(6)31(46(33,4)5)15-18-49(8)32(47)14-13-28-29-23-45(2,3)19-21-50(29,22-20-48(28,49)7)44(61)65-43-39(57)37(55)35(53)30(63-43)24-51-40(58)26-11-9-10-12-27(26)41(59)60/h9-13,25,29-39,42-43,52-57H,14-24H2,1-8H3,(H,51,58)(H,59,60)/t25-,29-,30+,31-,32+,33-,34+,35+,36+,37-,38-,39+,42-,43-,47-,48+,49+,50-/m0/s1. The van der Waals surface area contributed by atoms with Gasteiger partial charge in [-0.2, -0.15) is 0 Å². The minimum absolute atomic E-state index is 0.0503. The predicted molar refractivity (Wildman–Crippen MR) is 235 cm³/mol. The molecule has 2 heterocycles. The zero-order chi connectivity index (χ0) is 47.4. The van der Waals surface area contributed by atoms with E-state index < -0.39 is 84.7 Å². The first-order valence-corrected chi connectivity index (χ1v) is 23.9. The number of benzene rings is 1. The molecule has 8 N–H and O–H groups in total. The van der Waals surface area contributed by atoms with Gasteiger partial charge in [-0.25, -0.2) is 4.79 Å². The molecule has 5 aliphatic carbocycles. The fourth-order valence-electron chi connectivity index (χ4n) is 14.7. The van der Waals surface area contributed by atoms with Crippen LogP contribution in [0.15, 0.2) is 35.9 Å². The van der Waals surface area contributed by atoms with E-state index in [1.165, 1.54) is 29.8 Å². The fourth-order valence-corrected chi connectivity index (χ4v) is 14.7. The number of fused-ring (bicyclic) bond motifs is 7. The molecule has 2 aliphatic heterocycles. The summed E-state index contributed by atoms with van der Waals surface area (Å²) in [6, 6.07) is 5.68. The minimum atomic E-state index is -1.77. The number of aliphatic hydroxyl groups is 6. The van der Waals surface area contributed by atoms with Gasteiger partial charge in [0, 0.05) is 6.54 Å². The van der Waals surface area contributed by atoms with Gasteiger partial charge in [0.05, 0.1) is 28.7 Å². The van der Waals surface area contributed by atoms with Crippen LogP contribution in [-0.4, -0.2) is 128 Å². The molecule has 7 aliphatic rings. The molecule has 15 nitrogen and oxygen atoms in total. The monoisotopic (exact) mass is 912 g/mol. The van der Waals surface area contributed by atoms with Crippen LogP contribution in [0.5, 0.6) is 0 Å². The third-order valence-electron chi connectivity index (χ3n) is 18.8. The Labute approximate surface area is 382 Å². The van der Waals surface area contributed by atoms with E-state index in [4.69, 9.17) is 18.9 Å². The van der Waals surface area contributed by atoms with E-state index in [2.05, 4.69) is 59.9 Å². The highest BCUT2D eigenvalue weighted by Crippen LogP contribution is 2.76. The summed E-state index contributed by atoms with van der Waals surface area (Å²) in [5.74, 6) is -2.07. The number of carboxylic acid groups (broad SMARTS) is 1. The van der Waals surface area contributed by atoms with Gasteiger partial charge in [-0.3, -0.25) is 9.59 Å². The number of ether oxygens (including phenoxy) is 4. The Morgan fingerprint density at radius 3 is 2.08 bits per heavy atom. The molecule has 1 aromatic carbocycles. The Morgan fingerprint density at radius 2 is 1.38 bits per heavy atom. The van der Waals surface area contributed by atoms with E-state index >= 15 is 0 Å². The number of aromatic carboxylic acids is 1. The number of hydrogen-bond acceptors (Lipinski definition) is 13. The molecule has 0 radical (unpaired) electrons. The highest BCUT2D eigenvalue weighted by atomic mass is 16.7. The van der Waals surface area contributed by atoms with Gasteiger partial charge >= 0.3 is 11.9 Å². The Bertz CT molecular complexity index is 2040. The summed E-state index contributed by atoms with van der Waals surface area (Å²) >= 11 is 0. The van der Waals surface area contributed by atoms with Crippen molar-refractivity contribution < 1.29 is 69.1 Å². The van der Waals surface area contributed by atoms with E-state index in [1.54, 1.807) is 6.92 Å². The zero-order valence-electron chi connectivity index (χ0n) is 39.2. The van der Waals surface area contributed by atoms with E-state index in [-0.39, 0.29) is 56.8 Å². The summed E-state index contributed by atoms with van der Waals surface area (Å²) < 4.78 is 24.6. The molecule has 6 fully saturated rings. The molecule has 2 saturated heterocycles. The summed E-state index contributed by atoms with van der Waals surface area (Å²) in [5.41, 5.74) is -0.694. The molecule has 8 rings (SSSR count). The molecule has 65 heavy (non-hydrogen) atoms. The average Bonchev–Trinajstić information content (AvgIpc) is 3.25. The zero-order valence-corrected chi connectivity index (χ0v) is 39.2. The van der Waals surface area contributed by atoms with Crippen molar-refractivity contribution in [3.63, 3.8) is 0 Å². The summed E-state index contributed by atoms with van der Waals surface area (Å²) in [6.45, 7) is 17.7. The fraction of sp³-hybridized carbons (Fsp3) is 0.780. The SMILES string of the molecule is C[C@@H]1O[C@@H](O[C@H]2CC[C@]3(C)[C@H]4CC=C5[C@@H]6CC(C)(C)CC[C@]6(C(=O)O[C@@H]6O[C@H](CNC(=O)c7ccccc7C(=O)O)[C@@H](O)[C@H](O)[C@H]6O)CC[C@@]5(C)[C@]4(C)CC[C@H]3C2(C)C)[C@@H](O)[C@H](O)[C@@H]1O. The van der Waals surface area contributed by atoms with Crippen LogP contribution in [0.3, 0.4) is 0 Å². The first kappa shape index (κ1) is 48.5. The van der Waals surface area contributed by atoms with Gasteiger partial charge < -0.3 is 60.0 Å². The predicted octanol–water partition coefficient (Wildman–Crippen LogP) is 4.48. The van der Waals surface area contributed by atoms with Gasteiger partial charge in [0.25, 0.3) is 5.91 Å². The van der Waals surface area contributed by atoms with E-state index in [1.807, 2.05) is 0 Å². The number of amides is 1. The van der Waals surface area contributed by atoms with Crippen LogP contribution in [0.2, 0.25) is 0 Å². The Kier molecular flexibility index (Phi) is 12.6. The third-order valence-corrected chi connectivity index (χ3v) is 18.8. The Balaban J connectivity index is 1.02. The second-order valence-corrected chi connectivity index (χ2v) is 23.0. The lowest BCUT2D eigenvalue weighted by Crippen LogP contribution is -2.66. The van der Waals surface area contributed by atoms with Crippen LogP contribution in [-0.2, 0) is 23.7 Å². The molecule has 0 bridgehead atoms. The van der Waals surface area contributed by atoms with Gasteiger partial charge in [0.1, 0.15) is 42.7 Å². The molecular formula is C50H73NO14. The first-order chi connectivity index (χ1) is 30.3. The van der Waals surface area contributed by atoms with Crippen molar-refractivity contribution >= 4 is 17.8 Å². The van der Waals surface area contributed by atoms with Crippen molar-refractivity contribution in [1.82, 2.24) is 5.32 Å². The molecule has 1 aromatic rings. The number of carboxylic acids is 1. The summed E-state index contributed by atoms with van der Waals surface area (Å²) in [7, 11) is 0.